The topological polar surface area (TPSA) is 68.3 Å². The van der Waals surface area contributed by atoms with E-state index < -0.39 is 5.97 Å². The third-order valence-corrected chi connectivity index (χ3v) is 5.02. The van der Waals surface area contributed by atoms with E-state index in [-0.39, 0.29) is 22.8 Å². The van der Waals surface area contributed by atoms with Gasteiger partial charge in [-0.2, -0.15) is 0 Å². The minimum Gasteiger partial charge on any atom is -0.465 e. The van der Waals surface area contributed by atoms with Crippen molar-refractivity contribution < 1.29 is 18.7 Å². The van der Waals surface area contributed by atoms with Gasteiger partial charge in [0.1, 0.15) is 11.5 Å². The highest BCUT2D eigenvalue weighted by Gasteiger charge is 2.36. The Labute approximate surface area is 151 Å². The van der Waals surface area contributed by atoms with E-state index in [1.165, 1.54) is 37.6 Å². The number of methoxy groups -OCH3 is 1. The number of pyridine rings is 1. The Morgan fingerprint density at radius 3 is 2.42 bits per heavy atom. The third-order valence-electron chi connectivity index (χ3n) is 5.02. The smallest absolute Gasteiger partial charge is 0.339 e. The van der Waals surface area contributed by atoms with E-state index in [4.69, 9.17) is 0 Å². The van der Waals surface area contributed by atoms with Crippen LogP contribution in [-0.4, -0.2) is 30.5 Å². The van der Waals surface area contributed by atoms with Gasteiger partial charge in [-0.05, 0) is 42.7 Å². The fourth-order valence-corrected chi connectivity index (χ4v) is 3.53. The molecule has 1 heterocycles. The van der Waals surface area contributed by atoms with Crippen molar-refractivity contribution in [3.05, 3.63) is 65.2 Å². The molecular weight excluding hydrogens is 335 g/mol. The largest absolute Gasteiger partial charge is 0.465 e. The number of hydrogen-bond donors (Lipinski definition) is 1. The summed E-state index contributed by atoms with van der Waals surface area (Å²) in [6.45, 7) is 0.470. The van der Waals surface area contributed by atoms with Crippen LogP contribution in [0.2, 0.25) is 0 Å². The van der Waals surface area contributed by atoms with Crippen LogP contribution in [0.25, 0.3) is 0 Å². The fraction of sp³-hybridized carbons (Fsp3) is 0.350. The zero-order valence-corrected chi connectivity index (χ0v) is 14.6. The maximum atomic E-state index is 13.2. The predicted octanol–water partition coefficient (Wildman–Crippen LogP) is 3.25. The van der Waals surface area contributed by atoms with E-state index in [1.807, 2.05) is 0 Å². The van der Waals surface area contributed by atoms with Crippen molar-refractivity contribution in [2.45, 2.75) is 31.1 Å². The molecule has 1 saturated carbocycles. The van der Waals surface area contributed by atoms with Gasteiger partial charge in [-0.1, -0.05) is 25.0 Å². The van der Waals surface area contributed by atoms with Crippen LogP contribution in [0.1, 0.15) is 52.1 Å². The lowest BCUT2D eigenvalue weighted by molar-refractivity contribution is 0.0599. The first-order chi connectivity index (χ1) is 12.5. The Balaban J connectivity index is 1.70. The molecule has 0 spiro atoms. The van der Waals surface area contributed by atoms with Crippen molar-refractivity contribution >= 4 is 11.9 Å². The van der Waals surface area contributed by atoms with Crippen molar-refractivity contribution in [2.24, 2.45) is 0 Å². The summed E-state index contributed by atoms with van der Waals surface area (Å²) in [6, 6.07) is 9.54. The molecule has 136 valence electrons. The van der Waals surface area contributed by atoms with Crippen LogP contribution in [0.15, 0.2) is 42.6 Å². The number of carbonyl (C=O) groups is 2. The summed E-state index contributed by atoms with van der Waals surface area (Å²) in [6.07, 6.45) is 5.39. The second kappa shape index (κ2) is 7.64. The standard InChI is InChI=1S/C20H21FN2O3/c1-26-19(25)14-4-9-17(22-12-14)18(24)23-13-20(10-2-3-11-20)15-5-7-16(21)8-6-15/h4-9,12H,2-3,10-11,13H2,1H3,(H,23,24). The van der Waals surface area contributed by atoms with Crippen LogP contribution in [0.4, 0.5) is 4.39 Å². The molecule has 1 aromatic carbocycles. The van der Waals surface area contributed by atoms with Gasteiger partial charge in [-0.3, -0.25) is 9.78 Å². The molecule has 0 bridgehead atoms. The normalized spacial score (nSPS) is 15.5. The summed E-state index contributed by atoms with van der Waals surface area (Å²) >= 11 is 0. The molecule has 5 nitrogen and oxygen atoms in total. The second-order valence-corrected chi connectivity index (χ2v) is 6.60. The number of amides is 1. The van der Waals surface area contributed by atoms with Crippen LogP contribution < -0.4 is 5.32 Å². The van der Waals surface area contributed by atoms with Gasteiger partial charge in [0.25, 0.3) is 5.91 Å². The highest BCUT2D eigenvalue weighted by molar-refractivity contribution is 5.94. The number of esters is 1. The number of nitrogens with zero attached hydrogens (tertiary/aromatic N) is 1. The van der Waals surface area contributed by atoms with Crippen molar-refractivity contribution in [2.75, 3.05) is 13.7 Å². The van der Waals surface area contributed by atoms with Gasteiger partial charge in [0.2, 0.25) is 0 Å². The number of aromatic nitrogens is 1. The SMILES string of the molecule is COC(=O)c1ccc(C(=O)NCC2(c3ccc(F)cc3)CCCC2)nc1. The lowest BCUT2D eigenvalue weighted by atomic mass is 9.79. The molecule has 0 radical (unpaired) electrons. The highest BCUT2D eigenvalue weighted by Crippen LogP contribution is 2.40. The predicted molar refractivity (Wildman–Crippen MR) is 94.5 cm³/mol. The lowest BCUT2D eigenvalue weighted by Crippen LogP contribution is -2.39. The molecule has 1 aliphatic rings. The first-order valence-corrected chi connectivity index (χ1v) is 8.63. The Morgan fingerprint density at radius 2 is 1.85 bits per heavy atom. The average Bonchev–Trinajstić information content (AvgIpc) is 3.16. The minimum atomic E-state index is -0.495. The molecule has 6 heteroatoms. The van der Waals surface area contributed by atoms with E-state index in [0.717, 1.165) is 31.2 Å². The monoisotopic (exact) mass is 356 g/mol. The third kappa shape index (κ3) is 3.74. The summed E-state index contributed by atoms with van der Waals surface area (Å²) in [4.78, 5) is 27.9. The van der Waals surface area contributed by atoms with Crippen molar-refractivity contribution in [3.63, 3.8) is 0 Å². The Kier molecular flexibility index (Phi) is 5.30. The van der Waals surface area contributed by atoms with Crippen LogP contribution in [0.5, 0.6) is 0 Å². The Hall–Kier alpha value is -2.76. The van der Waals surface area contributed by atoms with E-state index in [1.54, 1.807) is 12.1 Å². The first kappa shape index (κ1) is 18.0. The number of rotatable bonds is 5. The second-order valence-electron chi connectivity index (χ2n) is 6.60. The molecule has 0 unspecified atom stereocenters. The summed E-state index contributed by atoms with van der Waals surface area (Å²) in [5.41, 5.74) is 1.41. The molecule has 1 amide bonds. The van der Waals surface area contributed by atoms with Crippen LogP contribution >= 0.6 is 0 Å². The van der Waals surface area contributed by atoms with Gasteiger partial charge in [0.15, 0.2) is 0 Å². The lowest BCUT2D eigenvalue weighted by Gasteiger charge is -2.30. The average molecular weight is 356 g/mol. The molecule has 2 aromatic rings. The van der Waals surface area contributed by atoms with Crippen LogP contribution in [0, 0.1) is 5.82 Å². The number of benzene rings is 1. The number of carbonyl (C=O) groups excluding carboxylic acids is 2. The van der Waals surface area contributed by atoms with E-state index in [0.29, 0.717) is 12.1 Å². The van der Waals surface area contributed by atoms with Gasteiger partial charge in [0, 0.05) is 18.2 Å². The number of halogens is 1. The van der Waals surface area contributed by atoms with Crippen LogP contribution in [-0.2, 0) is 10.2 Å². The fourth-order valence-electron chi connectivity index (χ4n) is 3.53. The molecule has 0 atom stereocenters. The molecule has 26 heavy (non-hydrogen) atoms. The molecule has 0 aliphatic heterocycles. The number of nitrogens with one attached hydrogen (secondary N) is 1. The van der Waals surface area contributed by atoms with E-state index in [9.17, 15) is 14.0 Å². The highest BCUT2D eigenvalue weighted by atomic mass is 19.1. The summed E-state index contributed by atoms with van der Waals surface area (Å²) in [5, 5.41) is 2.95. The van der Waals surface area contributed by atoms with Crippen LogP contribution in [0.3, 0.4) is 0 Å². The van der Waals surface area contributed by atoms with Gasteiger partial charge in [0.05, 0.1) is 12.7 Å². The maximum Gasteiger partial charge on any atom is 0.339 e. The maximum absolute atomic E-state index is 13.2. The quantitative estimate of drug-likeness (QED) is 0.835. The number of ether oxygens (including phenoxy) is 1. The van der Waals surface area contributed by atoms with Crippen molar-refractivity contribution in [1.29, 1.82) is 0 Å². The van der Waals surface area contributed by atoms with Crippen molar-refractivity contribution in [1.82, 2.24) is 10.3 Å². The minimum absolute atomic E-state index is 0.171. The zero-order valence-electron chi connectivity index (χ0n) is 14.6. The van der Waals surface area contributed by atoms with Crippen molar-refractivity contribution in [3.8, 4) is 0 Å². The molecule has 1 aliphatic carbocycles. The van der Waals surface area contributed by atoms with E-state index >= 15 is 0 Å². The molecule has 0 saturated heterocycles. The van der Waals surface area contributed by atoms with Gasteiger partial charge >= 0.3 is 5.97 Å². The first-order valence-electron chi connectivity index (χ1n) is 8.63. The van der Waals surface area contributed by atoms with Gasteiger partial charge < -0.3 is 10.1 Å². The summed E-state index contributed by atoms with van der Waals surface area (Å²) < 4.78 is 17.9. The number of hydrogen-bond acceptors (Lipinski definition) is 4. The van der Waals surface area contributed by atoms with E-state index in [2.05, 4.69) is 15.0 Å². The Morgan fingerprint density at radius 1 is 1.15 bits per heavy atom. The molecule has 1 aromatic heterocycles. The molecule has 3 rings (SSSR count). The summed E-state index contributed by atoms with van der Waals surface area (Å²) in [7, 11) is 1.29. The summed E-state index contributed by atoms with van der Waals surface area (Å²) in [5.74, 6) is -1.05. The van der Waals surface area contributed by atoms with Gasteiger partial charge in [-0.25, -0.2) is 9.18 Å². The Bertz CT molecular complexity index is 782. The molecule has 1 N–H and O–H groups in total. The molecule has 1 fully saturated rings. The zero-order chi connectivity index (χ0) is 18.6. The van der Waals surface area contributed by atoms with Gasteiger partial charge in [-0.15, -0.1) is 0 Å². The molecular formula is C20H21FN2O3.